The fourth-order valence-electron chi connectivity index (χ4n) is 3.99. The maximum atomic E-state index is 11.6. The lowest BCUT2D eigenvalue weighted by atomic mass is 10.0. The van der Waals surface area contributed by atoms with Gasteiger partial charge in [0.05, 0.1) is 10.7 Å². The highest BCUT2D eigenvalue weighted by Crippen LogP contribution is 2.41. The van der Waals surface area contributed by atoms with E-state index in [-0.39, 0.29) is 27.7 Å². The summed E-state index contributed by atoms with van der Waals surface area (Å²) in [6.45, 7) is 1.80. The van der Waals surface area contributed by atoms with E-state index >= 15 is 0 Å². The van der Waals surface area contributed by atoms with Crippen LogP contribution in [-0.4, -0.2) is 21.3 Å². The van der Waals surface area contributed by atoms with Crippen LogP contribution in [0, 0.1) is 6.92 Å². The number of carboxylic acids is 1. The molecule has 0 aliphatic rings. The Labute approximate surface area is 215 Å². The van der Waals surface area contributed by atoms with Crippen molar-refractivity contribution < 1.29 is 20.1 Å². The topological polar surface area (TPSA) is 127 Å². The molecule has 8 nitrogen and oxygen atoms in total. The van der Waals surface area contributed by atoms with Gasteiger partial charge in [0.25, 0.3) is 0 Å². The molecule has 0 aliphatic heterocycles. The van der Waals surface area contributed by atoms with E-state index in [9.17, 15) is 20.1 Å². The van der Waals surface area contributed by atoms with Crippen LogP contribution in [0.1, 0.15) is 15.9 Å². The third-order valence-corrected chi connectivity index (χ3v) is 6.17. The Hall–Kier alpha value is -4.82. The predicted molar refractivity (Wildman–Crippen MR) is 143 cm³/mol. The molecule has 0 amide bonds. The number of hydrogen-bond donors (Lipinski definition) is 3. The van der Waals surface area contributed by atoms with Crippen LogP contribution in [0.2, 0.25) is 5.02 Å². The number of benzene rings is 5. The van der Waals surface area contributed by atoms with Crippen LogP contribution in [0.4, 0.5) is 22.7 Å². The first-order valence-electron chi connectivity index (χ1n) is 11.2. The molecule has 5 aromatic carbocycles. The molecule has 0 unspecified atom stereocenters. The number of rotatable bonds is 5. The summed E-state index contributed by atoms with van der Waals surface area (Å²) in [6.07, 6.45) is 0. The van der Waals surface area contributed by atoms with Gasteiger partial charge in [-0.25, -0.2) is 4.79 Å². The molecule has 9 heteroatoms. The molecule has 0 spiro atoms. The van der Waals surface area contributed by atoms with E-state index in [1.807, 2.05) is 30.3 Å². The first-order valence-corrected chi connectivity index (χ1v) is 11.5. The standard InChI is InChI=1S/C28H19ClN4O4/c1-15-12-16-6-2-4-8-19(16)24(26(15)34)32-30-18-10-11-23(22(29)14-18)31-33-25-20-9-5-3-7-17(20)13-21(27(25)35)28(36)37/h2-14,34-35H,1H3,(H,36,37). The molecule has 0 fully saturated rings. The van der Waals surface area contributed by atoms with Crippen molar-refractivity contribution in [2.45, 2.75) is 6.92 Å². The van der Waals surface area contributed by atoms with Crippen molar-refractivity contribution in [2.75, 3.05) is 0 Å². The van der Waals surface area contributed by atoms with Gasteiger partial charge in [-0.1, -0.05) is 60.1 Å². The van der Waals surface area contributed by atoms with Gasteiger partial charge in [-0.3, -0.25) is 0 Å². The fourth-order valence-corrected chi connectivity index (χ4v) is 4.20. The molecule has 0 saturated carbocycles. The SMILES string of the molecule is Cc1cc2ccccc2c(N=Nc2ccc(N=Nc3c(O)c(C(=O)O)cc4ccccc34)c(Cl)c2)c1O. The van der Waals surface area contributed by atoms with Gasteiger partial charge in [0.1, 0.15) is 28.4 Å². The Bertz CT molecular complexity index is 1770. The number of phenols is 2. The first-order chi connectivity index (χ1) is 17.8. The van der Waals surface area contributed by atoms with E-state index in [1.165, 1.54) is 6.07 Å². The molecule has 0 saturated heterocycles. The predicted octanol–water partition coefficient (Wildman–Crippen LogP) is 8.90. The highest BCUT2D eigenvalue weighted by molar-refractivity contribution is 6.33. The summed E-state index contributed by atoms with van der Waals surface area (Å²) in [5, 5.41) is 50.3. The number of hydrogen-bond acceptors (Lipinski definition) is 7. The van der Waals surface area contributed by atoms with Crippen LogP contribution in [0.5, 0.6) is 11.5 Å². The minimum absolute atomic E-state index is 0.0251. The summed E-state index contributed by atoms with van der Waals surface area (Å²) < 4.78 is 0. The van der Waals surface area contributed by atoms with Crippen LogP contribution in [0.15, 0.2) is 99.3 Å². The van der Waals surface area contributed by atoms with Gasteiger partial charge in [-0.2, -0.15) is 5.11 Å². The smallest absolute Gasteiger partial charge is 0.339 e. The molecular formula is C28H19ClN4O4. The Morgan fingerprint density at radius 1 is 0.730 bits per heavy atom. The van der Waals surface area contributed by atoms with Gasteiger partial charge in [0.2, 0.25) is 0 Å². The normalized spacial score (nSPS) is 11.7. The van der Waals surface area contributed by atoms with Gasteiger partial charge in [0, 0.05) is 10.8 Å². The van der Waals surface area contributed by atoms with E-state index in [0.717, 1.165) is 10.8 Å². The molecular weight excluding hydrogens is 492 g/mol. The number of phenolic OH excluding ortho intramolecular Hbond substituents is 1. The summed E-state index contributed by atoms with van der Waals surface area (Å²) in [5.41, 5.74) is 1.50. The number of aromatic hydroxyl groups is 2. The molecule has 0 aliphatic carbocycles. The summed E-state index contributed by atoms with van der Waals surface area (Å²) in [6, 6.07) is 22.5. The van der Waals surface area contributed by atoms with E-state index in [2.05, 4.69) is 20.5 Å². The third kappa shape index (κ3) is 4.57. The van der Waals surface area contributed by atoms with Crippen molar-refractivity contribution in [1.29, 1.82) is 0 Å². The van der Waals surface area contributed by atoms with Crippen LogP contribution >= 0.6 is 11.6 Å². The number of carboxylic acid groups (broad SMARTS) is 1. The molecule has 0 radical (unpaired) electrons. The van der Waals surface area contributed by atoms with Crippen LogP contribution in [-0.2, 0) is 0 Å². The minimum atomic E-state index is -1.28. The Kier molecular flexibility index (Phi) is 6.25. The minimum Gasteiger partial charge on any atom is -0.505 e. The van der Waals surface area contributed by atoms with E-state index < -0.39 is 11.7 Å². The molecule has 0 aromatic heterocycles. The lowest BCUT2D eigenvalue weighted by molar-refractivity contribution is 0.0694. The highest BCUT2D eigenvalue weighted by Gasteiger charge is 2.17. The number of azo groups is 2. The van der Waals surface area contributed by atoms with Crippen molar-refractivity contribution in [2.24, 2.45) is 20.5 Å². The van der Waals surface area contributed by atoms with Crippen molar-refractivity contribution in [3.63, 3.8) is 0 Å². The monoisotopic (exact) mass is 510 g/mol. The highest BCUT2D eigenvalue weighted by atomic mass is 35.5. The number of halogens is 1. The average Bonchev–Trinajstić information content (AvgIpc) is 2.89. The first kappa shape index (κ1) is 23.9. The molecule has 0 bridgehead atoms. The fraction of sp³-hybridized carbons (Fsp3) is 0.0357. The molecule has 182 valence electrons. The maximum absolute atomic E-state index is 11.6. The molecule has 37 heavy (non-hydrogen) atoms. The molecule has 5 rings (SSSR count). The van der Waals surface area contributed by atoms with Crippen molar-refractivity contribution in [3.05, 3.63) is 95.0 Å². The number of aryl methyl sites for hydroxylation is 1. The molecule has 3 N–H and O–H groups in total. The summed E-state index contributed by atoms with van der Waals surface area (Å²) >= 11 is 6.41. The maximum Gasteiger partial charge on any atom is 0.339 e. The van der Waals surface area contributed by atoms with Gasteiger partial charge >= 0.3 is 5.97 Å². The van der Waals surface area contributed by atoms with Crippen molar-refractivity contribution in [3.8, 4) is 11.5 Å². The molecule has 5 aromatic rings. The van der Waals surface area contributed by atoms with Crippen molar-refractivity contribution in [1.82, 2.24) is 0 Å². The van der Waals surface area contributed by atoms with E-state index in [4.69, 9.17) is 11.6 Å². The summed E-state index contributed by atoms with van der Waals surface area (Å²) in [4.78, 5) is 11.6. The largest absolute Gasteiger partial charge is 0.505 e. The van der Waals surface area contributed by atoms with E-state index in [0.29, 0.717) is 27.7 Å². The second-order valence-electron chi connectivity index (χ2n) is 8.30. The van der Waals surface area contributed by atoms with Gasteiger partial charge in [-0.15, -0.1) is 15.3 Å². The third-order valence-electron chi connectivity index (χ3n) is 5.87. The second kappa shape index (κ2) is 9.67. The Morgan fingerprint density at radius 2 is 1.32 bits per heavy atom. The van der Waals surface area contributed by atoms with Crippen LogP contribution in [0.25, 0.3) is 21.5 Å². The van der Waals surface area contributed by atoms with Crippen molar-refractivity contribution >= 4 is 61.9 Å². The zero-order valence-corrected chi connectivity index (χ0v) is 20.2. The number of fused-ring (bicyclic) bond motifs is 2. The zero-order chi connectivity index (χ0) is 26.1. The van der Waals surface area contributed by atoms with Crippen LogP contribution < -0.4 is 0 Å². The second-order valence-corrected chi connectivity index (χ2v) is 8.70. The zero-order valence-electron chi connectivity index (χ0n) is 19.4. The van der Waals surface area contributed by atoms with E-state index in [1.54, 1.807) is 49.4 Å². The summed E-state index contributed by atoms with van der Waals surface area (Å²) in [7, 11) is 0. The Balaban J connectivity index is 1.49. The van der Waals surface area contributed by atoms with Gasteiger partial charge < -0.3 is 15.3 Å². The Morgan fingerprint density at radius 3 is 1.97 bits per heavy atom. The lowest BCUT2D eigenvalue weighted by Gasteiger charge is -2.08. The number of carbonyl (C=O) groups is 1. The van der Waals surface area contributed by atoms with Gasteiger partial charge in [-0.05, 0) is 53.6 Å². The number of nitrogens with zero attached hydrogens (tertiary/aromatic N) is 4. The molecule has 0 atom stereocenters. The quantitative estimate of drug-likeness (QED) is 0.204. The summed E-state index contributed by atoms with van der Waals surface area (Å²) in [5.74, 6) is -1.71. The number of aromatic carboxylic acids is 1. The lowest BCUT2D eigenvalue weighted by Crippen LogP contribution is -1.97. The average molecular weight is 511 g/mol. The van der Waals surface area contributed by atoms with Crippen LogP contribution in [0.3, 0.4) is 0 Å². The van der Waals surface area contributed by atoms with Gasteiger partial charge in [0.15, 0.2) is 5.75 Å². The molecule has 0 heterocycles.